The number of benzene rings is 1. The summed E-state index contributed by atoms with van der Waals surface area (Å²) in [7, 11) is -3.73. The molecule has 0 bridgehead atoms. The van der Waals surface area contributed by atoms with Gasteiger partial charge in [-0.25, -0.2) is 18.6 Å². The summed E-state index contributed by atoms with van der Waals surface area (Å²) < 4.78 is 25.9. The molecule has 8 heteroatoms. The molecule has 0 atom stereocenters. The Morgan fingerprint density at radius 2 is 1.90 bits per heavy atom. The van der Waals surface area contributed by atoms with Crippen molar-refractivity contribution in [3.63, 3.8) is 0 Å². The zero-order chi connectivity index (χ0) is 15.2. The number of nitrogens with one attached hydrogen (secondary N) is 2. The Labute approximate surface area is 123 Å². The number of sulfonamides is 1. The molecule has 6 nitrogen and oxygen atoms in total. The molecule has 20 heavy (non-hydrogen) atoms. The lowest BCUT2D eigenvalue weighted by Crippen LogP contribution is -2.35. The first-order chi connectivity index (χ1) is 9.35. The van der Waals surface area contributed by atoms with E-state index in [2.05, 4.69) is 15.2 Å². The molecule has 0 aliphatic rings. The molecule has 0 fully saturated rings. The summed E-state index contributed by atoms with van der Waals surface area (Å²) in [5.74, 6) is -0.532. The van der Waals surface area contributed by atoms with Crippen molar-refractivity contribution in [3.05, 3.63) is 29.3 Å². The normalized spacial score (nSPS) is 12.2. The maximum absolute atomic E-state index is 11.9. The fraction of sp³-hybridized carbons (Fsp3) is 0.333. The van der Waals surface area contributed by atoms with Gasteiger partial charge in [-0.1, -0.05) is 18.5 Å². The van der Waals surface area contributed by atoms with Gasteiger partial charge in [0, 0.05) is 10.7 Å². The molecule has 1 aromatic rings. The maximum atomic E-state index is 11.9. The van der Waals surface area contributed by atoms with Gasteiger partial charge in [-0.15, -0.1) is 0 Å². The van der Waals surface area contributed by atoms with Crippen molar-refractivity contribution < 1.29 is 13.2 Å². The highest BCUT2D eigenvalue weighted by Crippen LogP contribution is 2.13. The van der Waals surface area contributed by atoms with Crippen LogP contribution in [0.3, 0.4) is 0 Å². The molecule has 0 aromatic heterocycles. The van der Waals surface area contributed by atoms with Crippen molar-refractivity contribution in [1.29, 1.82) is 0 Å². The predicted octanol–water partition coefficient (Wildman–Crippen LogP) is 1.52. The first-order valence-electron chi connectivity index (χ1n) is 5.92. The van der Waals surface area contributed by atoms with E-state index in [9.17, 15) is 13.2 Å². The number of halogens is 1. The molecule has 0 saturated carbocycles. The Morgan fingerprint density at radius 1 is 1.30 bits per heavy atom. The van der Waals surface area contributed by atoms with Crippen LogP contribution in [0.25, 0.3) is 0 Å². The van der Waals surface area contributed by atoms with Crippen molar-refractivity contribution in [3.8, 4) is 0 Å². The van der Waals surface area contributed by atoms with Gasteiger partial charge in [-0.3, -0.25) is 4.79 Å². The van der Waals surface area contributed by atoms with Crippen LogP contribution in [-0.2, 0) is 14.8 Å². The molecule has 0 aliphatic heterocycles. The molecule has 1 rings (SSSR count). The van der Waals surface area contributed by atoms with Gasteiger partial charge in [0.2, 0.25) is 10.0 Å². The zero-order valence-electron chi connectivity index (χ0n) is 11.2. The van der Waals surface area contributed by atoms with Gasteiger partial charge in [0.1, 0.15) is 0 Å². The number of hydrogen-bond acceptors (Lipinski definition) is 4. The van der Waals surface area contributed by atoms with E-state index < -0.39 is 15.9 Å². The third-order valence-corrected chi connectivity index (χ3v) is 4.10. The van der Waals surface area contributed by atoms with E-state index in [4.69, 9.17) is 11.6 Å². The minimum atomic E-state index is -3.73. The van der Waals surface area contributed by atoms with Gasteiger partial charge >= 0.3 is 0 Å². The minimum absolute atomic E-state index is 0.0444. The van der Waals surface area contributed by atoms with Gasteiger partial charge < -0.3 is 0 Å². The summed E-state index contributed by atoms with van der Waals surface area (Å²) in [6.07, 6.45) is 0.705. The third kappa shape index (κ3) is 5.28. The molecule has 0 heterocycles. The summed E-state index contributed by atoms with van der Waals surface area (Å²) in [4.78, 5) is 11.5. The summed E-state index contributed by atoms with van der Waals surface area (Å²) in [6.45, 7) is 3.28. The number of carbonyl (C=O) groups is 1. The van der Waals surface area contributed by atoms with Crippen LogP contribution < -0.4 is 10.1 Å². The summed E-state index contributed by atoms with van der Waals surface area (Å²) in [5.41, 5.74) is 3.02. The summed E-state index contributed by atoms with van der Waals surface area (Å²) >= 11 is 5.68. The van der Waals surface area contributed by atoms with Crippen LogP contribution in [0.4, 0.5) is 0 Å². The van der Waals surface area contributed by atoms with Gasteiger partial charge in [0.25, 0.3) is 5.91 Å². The van der Waals surface area contributed by atoms with Crippen molar-refractivity contribution in [2.24, 2.45) is 5.10 Å². The average molecular weight is 318 g/mol. The quantitative estimate of drug-likeness (QED) is 0.616. The van der Waals surface area contributed by atoms with Crippen LogP contribution in [0, 0.1) is 0 Å². The molecule has 0 radical (unpaired) electrons. The van der Waals surface area contributed by atoms with E-state index in [0.717, 1.165) is 5.71 Å². The fourth-order valence-corrected chi connectivity index (χ4v) is 2.24. The molecule has 1 amide bonds. The standard InChI is InChI=1S/C12H16ClN3O3S/c1-3-9(2)15-16-12(17)8-14-20(18,19)11-6-4-10(13)5-7-11/h4-7,14H,3,8H2,1-2H3,(H,16,17)/b15-9+. The highest BCUT2D eigenvalue weighted by molar-refractivity contribution is 7.89. The van der Waals surface area contributed by atoms with E-state index in [1.807, 2.05) is 6.92 Å². The van der Waals surface area contributed by atoms with Crippen molar-refractivity contribution >= 4 is 33.2 Å². The Kier molecular flexibility index (Phi) is 6.12. The fourth-order valence-electron chi connectivity index (χ4n) is 1.13. The van der Waals surface area contributed by atoms with E-state index in [1.54, 1.807) is 6.92 Å². The number of hydrogen-bond donors (Lipinski definition) is 2. The average Bonchev–Trinajstić information content (AvgIpc) is 2.43. The molecule has 110 valence electrons. The second-order valence-electron chi connectivity index (χ2n) is 4.01. The lowest BCUT2D eigenvalue weighted by Gasteiger charge is -2.06. The number of rotatable bonds is 6. The molecule has 2 N–H and O–H groups in total. The van der Waals surface area contributed by atoms with Gasteiger partial charge in [-0.2, -0.15) is 5.10 Å². The summed E-state index contributed by atoms with van der Waals surface area (Å²) in [5, 5.41) is 4.23. The highest BCUT2D eigenvalue weighted by Gasteiger charge is 2.15. The Bertz CT molecular complexity index is 597. The molecule has 1 aromatic carbocycles. The van der Waals surface area contributed by atoms with Crippen molar-refractivity contribution in [2.45, 2.75) is 25.2 Å². The van der Waals surface area contributed by atoms with Gasteiger partial charge in [-0.05, 0) is 37.6 Å². The summed E-state index contributed by atoms with van der Waals surface area (Å²) in [6, 6.07) is 5.65. The monoisotopic (exact) mass is 317 g/mol. The van der Waals surface area contributed by atoms with Crippen LogP contribution in [0.1, 0.15) is 20.3 Å². The van der Waals surface area contributed by atoms with E-state index in [-0.39, 0.29) is 11.4 Å². The van der Waals surface area contributed by atoms with Crippen molar-refractivity contribution in [1.82, 2.24) is 10.1 Å². The number of carbonyl (C=O) groups excluding carboxylic acids is 1. The van der Waals surface area contributed by atoms with Crippen LogP contribution in [-0.4, -0.2) is 26.6 Å². The lowest BCUT2D eigenvalue weighted by molar-refractivity contribution is -0.119. The molecule has 0 spiro atoms. The largest absolute Gasteiger partial charge is 0.272 e. The smallest absolute Gasteiger partial charge is 0.255 e. The minimum Gasteiger partial charge on any atom is -0.272 e. The van der Waals surface area contributed by atoms with Crippen LogP contribution in [0.2, 0.25) is 5.02 Å². The Balaban J connectivity index is 2.60. The van der Waals surface area contributed by atoms with E-state index in [1.165, 1.54) is 24.3 Å². The lowest BCUT2D eigenvalue weighted by atomic mass is 10.3. The zero-order valence-corrected chi connectivity index (χ0v) is 12.8. The molecular weight excluding hydrogens is 302 g/mol. The van der Waals surface area contributed by atoms with E-state index >= 15 is 0 Å². The molecular formula is C12H16ClN3O3S. The third-order valence-electron chi connectivity index (χ3n) is 2.43. The van der Waals surface area contributed by atoms with Crippen LogP contribution in [0.15, 0.2) is 34.3 Å². The number of amides is 1. The number of nitrogens with zero attached hydrogens (tertiary/aromatic N) is 1. The highest BCUT2D eigenvalue weighted by atomic mass is 35.5. The van der Waals surface area contributed by atoms with E-state index in [0.29, 0.717) is 11.4 Å². The molecule has 0 saturated heterocycles. The Hall–Kier alpha value is -1.44. The van der Waals surface area contributed by atoms with Crippen molar-refractivity contribution in [2.75, 3.05) is 6.54 Å². The second-order valence-corrected chi connectivity index (χ2v) is 6.22. The first kappa shape index (κ1) is 16.6. The van der Waals surface area contributed by atoms with Gasteiger partial charge in [0.15, 0.2) is 0 Å². The second kappa shape index (κ2) is 7.37. The topological polar surface area (TPSA) is 87.6 Å². The number of hydrazone groups is 1. The molecule has 0 aliphatic carbocycles. The Morgan fingerprint density at radius 3 is 2.45 bits per heavy atom. The van der Waals surface area contributed by atoms with Gasteiger partial charge in [0.05, 0.1) is 11.4 Å². The SMILES string of the molecule is CC/C(C)=N/NC(=O)CNS(=O)(=O)c1ccc(Cl)cc1. The predicted molar refractivity (Wildman–Crippen MR) is 78.2 cm³/mol. The first-order valence-corrected chi connectivity index (χ1v) is 7.78. The van der Waals surface area contributed by atoms with Crippen LogP contribution in [0.5, 0.6) is 0 Å². The maximum Gasteiger partial charge on any atom is 0.255 e. The molecule has 0 unspecified atom stereocenters. The van der Waals surface area contributed by atoms with Crippen LogP contribution >= 0.6 is 11.6 Å².